The van der Waals surface area contributed by atoms with Crippen molar-refractivity contribution in [1.82, 2.24) is 16.0 Å². The zero-order valence-corrected chi connectivity index (χ0v) is 22.1. The number of amides is 3. The van der Waals surface area contributed by atoms with E-state index in [1.807, 2.05) is 24.3 Å². The maximum atomic E-state index is 12.7. The third-order valence-electron chi connectivity index (χ3n) is 5.39. The van der Waals surface area contributed by atoms with Crippen LogP contribution in [-0.4, -0.2) is 43.3 Å². The molecule has 3 rings (SSSR count). The lowest BCUT2D eigenvalue weighted by atomic mass is 10.0. The Morgan fingerprint density at radius 1 is 0.872 bits per heavy atom. The monoisotopic (exact) mass is 565 g/mol. The Labute approximate surface area is 235 Å². The minimum atomic E-state index is -0.498. The number of nitriles is 1. The molecule has 0 unspecified atom stereocenters. The lowest BCUT2D eigenvalue weighted by Crippen LogP contribution is -2.40. The third-order valence-corrected chi connectivity index (χ3v) is 5.98. The molecule has 7 N–H and O–H groups in total. The van der Waals surface area contributed by atoms with Crippen LogP contribution in [0.2, 0.25) is 10.0 Å². The number of rotatable bonds is 10. The molecule has 0 bridgehead atoms. The standard InChI is InChI=1S/C27H25Cl2N7O3/c28-21-13-19(17-6-4-16(5-7-17)8-9-30)14-22(29)24(21)26(39)34-11-10-33-23(37)15-35-25(38)18-2-1-3-20(12-18)36-27(31)32/h1-7,12-14H,8,10-11,15H2,(H,33,37)(H,34,39)(H,35,38)(H4,31,32,36). The van der Waals surface area contributed by atoms with Crippen LogP contribution in [0.25, 0.3) is 11.1 Å². The summed E-state index contributed by atoms with van der Waals surface area (Å²) in [4.78, 5) is 37.0. The summed E-state index contributed by atoms with van der Waals surface area (Å²) in [6.07, 6.45) is 0.311. The minimum Gasteiger partial charge on any atom is -0.370 e. The molecule has 3 amide bonds. The van der Waals surface area contributed by atoms with Crippen LogP contribution in [0.4, 0.5) is 5.69 Å². The number of nitrogens with two attached hydrogens (primary N) is 1. The van der Waals surface area contributed by atoms with E-state index < -0.39 is 17.7 Å². The molecule has 10 nitrogen and oxygen atoms in total. The minimum absolute atomic E-state index is 0.103. The van der Waals surface area contributed by atoms with Gasteiger partial charge in [-0.3, -0.25) is 19.8 Å². The first-order chi connectivity index (χ1) is 18.7. The van der Waals surface area contributed by atoms with Crippen molar-refractivity contribution >= 4 is 52.6 Å². The number of hydrogen-bond donors (Lipinski definition) is 6. The van der Waals surface area contributed by atoms with Crippen molar-refractivity contribution in [3.63, 3.8) is 0 Å². The van der Waals surface area contributed by atoms with Gasteiger partial charge in [-0.1, -0.05) is 53.5 Å². The first kappa shape index (κ1) is 29.0. The molecule has 39 heavy (non-hydrogen) atoms. The number of hydrogen-bond acceptors (Lipinski definition) is 5. The predicted octanol–water partition coefficient (Wildman–Crippen LogP) is 3.31. The Hall–Kier alpha value is -4.59. The Morgan fingerprint density at radius 3 is 2.18 bits per heavy atom. The van der Waals surface area contributed by atoms with Crippen LogP contribution in [0.3, 0.4) is 0 Å². The van der Waals surface area contributed by atoms with Crippen molar-refractivity contribution in [2.75, 3.05) is 25.0 Å². The van der Waals surface area contributed by atoms with E-state index in [4.69, 9.17) is 39.6 Å². The summed E-state index contributed by atoms with van der Waals surface area (Å²) in [5, 5.41) is 26.7. The van der Waals surface area contributed by atoms with Crippen LogP contribution in [-0.2, 0) is 11.2 Å². The summed E-state index contributed by atoms with van der Waals surface area (Å²) in [6, 6.07) is 19.1. The third kappa shape index (κ3) is 8.46. The van der Waals surface area contributed by atoms with Gasteiger partial charge in [0.05, 0.1) is 34.6 Å². The van der Waals surface area contributed by atoms with E-state index in [9.17, 15) is 14.4 Å². The average Bonchev–Trinajstić information content (AvgIpc) is 2.89. The van der Waals surface area contributed by atoms with Crippen LogP contribution in [0.15, 0.2) is 60.7 Å². The second-order valence-electron chi connectivity index (χ2n) is 8.25. The quantitative estimate of drug-likeness (QED) is 0.125. The molecular weight excluding hydrogens is 541 g/mol. The Kier molecular flexibility index (Phi) is 10.3. The van der Waals surface area contributed by atoms with Crippen LogP contribution in [0.1, 0.15) is 26.3 Å². The molecule has 0 heterocycles. The van der Waals surface area contributed by atoms with E-state index in [1.54, 1.807) is 30.3 Å². The normalized spacial score (nSPS) is 10.2. The van der Waals surface area contributed by atoms with Gasteiger partial charge in [-0.25, -0.2) is 0 Å². The molecule has 3 aromatic carbocycles. The van der Waals surface area contributed by atoms with Crippen molar-refractivity contribution in [2.24, 2.45) is 5.73 Å². The summed E-state index contributed by atoms with van der Waals surface area (Å²) in [6.45, 7) is -0.0549. The van der Waals surface area contributed by atoms with E-state index >= 15 is 0 Å². The molecule has 0 aliphatic rings. The smallest absolute Gasteiger partial charge is 0.254 e. The highest BCUT2D eigenvalue weighted by atomic mass is 35.5. The van der Waals surface area contributed by atoms with Gasteiger partial charge in [-0.05, 0) is 47.0 Å². The van der Waals surface area contributed by atoms with Crippen molar-refractivity contribution < 1.29 is 14.4 Å². The van der Waals surface area contributed by atoms with Gasteiger partial charge < -0.3 is 27.0 Å². The number of benzene rings is 3. The van der Waals surface area contributed by atoms with Gasteiger partial charge in [-0.2, -0.15) is 5.26 Å². The van der Waals surface area contributed by atoms with E-state index in [0.717, 1.165) is 16.7 Å². The Balaban J connectivity index is 1.46. The zero-order chi connectivity index (χ0) is 28.4. The topological polar surface area (TPSA) is 173 Å². The van der Waals surface area contributed by atoms with Crippen molar-refractivity contribution in [3.05, 3.63) is 87.4 Å². The fourth-order valence-corrected chi connectivity index (χ4v) is 4.21. The van der Waals surface area contributed by atoms with E-state index in [0.29, 0.717) is 12.1 Å². The molecule has 0 radical (unpaired) electrons. The summed E-state index contributed by atoms with van der Waals surface area (Å²) >= 11 is 12.7. The SMILES string of the molecule is N#CCc1ccc(-c2cc(Cl)c(C(=O)NCCNC(=O)CNC(=O)c3cccc(NC(=N)N)c3)c(Cl)c2)cc1. The molecule has 0 aliphatic heterocycles. The highest BCUT2D eigenvalue weighted by Gasteiger charge is 2.17. The lowest BCUT2D eigenvalue weighted by Gasteiger charge is -2.12. The van der Waals surface area contributed by atoms with Gasteiger partial charge in [0, 0.05) is 24.3 Å². The number of halogens is 2. The highest BCUT2D eigenvalue weighted by molar-refractivity contribution is 6.40. The molecule has 0 aromatic heterocycles. The second-order valence-corrected chi connectivity index (χ2v) is 9.07. The number of carbonyl (C=O) groups excluding carboxylic acids is 3. The van der Waals surface area contributed by atoms with Crippen molar-refractivity contribution in [2.45, 2.75) is 6.42 Å². The van der Waals surface area contributed by atoms with Crippen molar-refractivity contribution in [1.29, 1.82) is 10.7 Å². The van der Waals surface area contributed by atoms with Gasteiger partial charge in [-0.15, -0.1) is 0 Å². The molecule has 0 spiro atoms. The van der Waals surface area contributed by atoms with Gasteiger partial charge >= 0.3 is 0 Å². The second kappa shape index (κ2) is 13.8. The molecule has 12 heteroatoms. The van der Waals surface area contributed by atoms with E-state index in [2.05, 4.69) is 27.3 Å². The van der Waals surface area contributed by atoms with E-state index in [-0.39, 0.29) is 46.8 Å². The Bertz CT molecular complexity index is 1410. The Morgan fingerprint density at radius 2 is 1.54 bits per heavy atom. The summed E-state index contributed by atoms with van der Waals surface area (Å²) in [5.41, 5.74) is 8.60. The molecule has 0 saturated carbocycles. The number of nitrogens with one attached hydrogen (secondary N) is 5. The van der Waals surface area contributed by atoms with Gasteiger partial charge in [0.25, 0.3) is 11.8 Å². The molecule has 0 saturated heterocycles. The zero-order valence-electron chi connectivity index (χ0n) is 20.6. The van der Waals surface area contributed by atoms with Crippen molar-refractivity contribution in [3.8, 4) is 17.2 Å². The lowest BCUT2D eigenvalue weighted by molar-refractivity contribution is -0.120. The van der Waals surface area contributed by atoms with Gasteiger partial charge in [0.15, 0.2) is 5.96 Å². The number of anilines is 1. The van der Waals surface area contributed by atoms with Crippen LogP contribution in [0, 0.1) is 16.7 Å². The van der Waals surface area contributed by atoms with E-state index in [1.165, 1.54) is 6.07 Å². The van der Waals surface area contributed by atoms with Crippen LogP contribution in [0.5, 0.6) is 0 Å². The average molecular weight is 566 g/mol. The van der Waals surface area contributed by atoms with Crippen LogP contribution < -0.4 is 27.0 Å². The molecular formula is C27H25Cl2N7O3. The maximum absolute atomic E-state index is 12.7. The molecule has 0 fully saturated rings. The predicted molar refractivity (Wildman–Crippen MR) is 151 cm³/mol. The van der Waals surface area contributed by atoms with Gasteiger partial charge in [0.1, 0.15) is 0 Å². The molecule has 0 aliphatic carbocycles. The first-order valence-corrected chi connectivity index (χ1v) is 12.4. The largest absolute Gasteiger partial charge is 0.370 e. The number of nitrogens with zero attached hydrogens (tertiary/aromatic N) is 1. The summed E-state index contributed by atoms with van der Waals surface area (Å²) in [5.74, 6) is -1.68. The molecule has 3 aromatic rings. The fourth-order valence-electron chi connectivity index (χ4n) is 3.55. The molecule has 200 valence electrons. The summed E-state index contributed by atoms with van der Waals surface area (Å²) < 4.78 is 0. The van der Waals surface area contributed by atoms with Crippen LogP contribution >= 0.6 is 23.2 Å². The maximum Gasteiger partial charge on any atom is 0.254 e. The number of carbonyl (C=O) groups is 3. The molecule has 0 atom stereocenters. The fraction of sp³-hybridized carbons (Fsp3) is 0.148. The van der Waals surface area contributed by atoms with Gasteiger partial charge in [0.2, 0.25) is 5.91 Å². The number of guanidine groups is 1. The first-order valence-electron chi connectivity index (χ1n) is 11.7. The highest BCUT2D eigenvalue weighted by Crippen LogP contribution is 2.32. The summed E-state index contributed by atoms with van der Waals surface area (Å²) in [7, 11) is 0.